The van der Waals surface area contributed by atoms with Crippen LogP contribution in [0.4, 0.5) is 5.69 Å². The summed E-state index contributed by atoms with van der Waals surface area (Å²) in [5, 5.41) is 11.5. The smallest absolute Gasteiger partial charge is 0.354 e. The number of amides is 1. The molecule has 1 aliphatic rings. The normalized spacial score (nSPS) is 26.1. The van der Waals surface area contributed by atoms with E-state index in [4.69, 9.17) is 9.84 Å². The number of hydrogen-bond acceptors (Lipinski definition) is 4. The predicted molar refractivity (Wildman–Crippen MR) is 67.9 cm³/mol. The first-order valence-corrected chi connectivity index (χ1v) is 6.13. The van der Waals surface area contributed by atoms with Gasteiger partial charge in [0.2, 0.25) is 0 Å². The quantitative estimate of drug-likeness (QED) is 0.864. The molecular formula is C13H16N2O4. The van der Waals surface area contributed by atoms with Crippen LogP contribution in [0.5, 0.6) is 0 Å². The van der Waals surface area contributed by atoms with Crippen molar-refractivity contribution in [2.75, 3.05) is 5.32 Å². The van der Waals surface area contributed by atoms with Crippen molar-refractivity contribution in [3.63, 3.8) is 0 Å². The fourth-order valence-electron chi connectivity index (χ4n) is 1.99. The van der Waals surface area contributed by atoms with E-state index in [1.807, 2.05) is 13.8 Å². The number of aromatic nitrogens is 1. The third-order valence-electron chi connectivity index (χ3n) is 3.31. The first kappa shape index (κ1) is 13.5. The number of carboxylic acids is 1. The standard InChI is InChI=1S/C13H16N2O4/c1-7-5-11(19-8(7)2)12(16)15-9-3-4-14-10(6-9)13(17)18/h3-4,6-8,11H,5H2,1-2H3,(H,17,18)(H,14,15,16)/t7?,8?,11-/m1/s1. The largest absolute Gasteiger partial charge is 0.477 e. The maximum Gasteiger partial charge on any atom is 0.354 e. The molecule has 2 rings (SSSR count). The average molecular weight is 264 g/mol. The first-order chi connectivity index (χ1) is 8.97. The Hall–Kier alpha value is -1.95. The summed E-state index contributed by atoms with van der Waals surface area (Å²) in [5.74, 6) is -1.04. The second-order valence-electron chi connectivity index (χ2n) is 4.77. The lowest BCUT2D eigenvalue weighted by molar-refractivity contribution is -0.126. The fraction of sp³-hybridized carbons (Fsp3) is 0.462. The Labute approximate surface area is 110 Å². The van der Waals surface area contributed by atoms with Crippen LogP contribution in [0, 0.1) is 5.92 Å². The summed E-state index contributed by atoms with van der Waals surface area (Å²) < 4.78 is 5.54. The summed E-state index contributed by atoms with van der Waals surface area (Å²) >= 11 is 0. The minimum atomic E-state index is -1.13. The lowest BCUT2D eigenvalue weighted by Crippen LogP contribution is -2.27. The van der Waals surface area contributed by atoms with Gasteiger partial charge in [0.1, 0.15) is 11.8 Å². The van der Waals surface area contributed by atoms with E-state index in [9.17, 15) is 9.59 Å². The number of aromatic carboxylic acids is 1. The highest BCUT2D eigenvalue weighted by Crippen LogP contribution is 2.26. The Morgan fingerprint density at radius 2 is 2.21 bits per heavy atom. The third-order valence-corrected chi connectivity index (χ3v) is 3.31. The molecule has 0 bridgehead atoms. The number of ether oxygens (including phenoxy) is 1. The molecule has 102 valence electrons. The van der Waals surface area contributed by atoms with Gasteiger partial charge in [0.15, 0.2) is 0 Å². The highest BCUT2D eigenvalue weighted by Gasteiger charge is 2.33. The Morgan fingerprint density at radius 1 is 1.47 bits per heavy atom. The summed E-state index contributed by atoms with van der Waals surface area (Å²) in [4.78, 5) is 26.5. The molecular weight excluding hydrogens is 248 g/mol. The summed E-state index contributed by atoms with van der Waals surface area (Å²) in [6, 6.07) is 2.87. The van der Waals surface area contributed by atoms with E-state index in [0.29, 0.717) is 18.0 Å². The van der Waals surface area contributed by atoms with Gasteiger partial charge in [0.25, 0.3) is 5.91 Å². The molecule has 6 heteroatoms. The number of pyridine rings is 1. The van der Waals surface area contributed by atoms with Gasteiger partial charge >= 0.3 is 5.97 Å². The van der Waals surface area contributed by atoms with Crippen LogP contribution < -0.4 is 5.32 Å². The van der Waals surface area contributed by atoms with Crippen molar-refractivity contribution in [1.82, 2.24) is 4.98 Å². The van der Waals surface area contributed by atoms with Gasteiger partial charge in [-0.2, -0.15) is 0 Å². The molecule has 0 aromatic carbocycles. The van der Waals surface area contributed by atoms with Crippen molar-refractivity contribution < 1.29 is 19.4 Å². The molecule has 1 aliphatic heterocycles. The van der Waals surface area contributed by atoms with Crippen LogP contribution in [0.2, 0.25) is 0 Å². The number of carbonyl (C=O) groups excluding carboxylic acids is 1. The number of anilines is 1. The number of rotatable bonds is 3. The summed E-state index contributed by atoms with van der Waals surface area (Å²) in [7, 11) is 0. The van der Waals surface area contributed by atoms with E-state index in [-0.39, 0.29) is 17.7 Å². The monoisotopic (exact) mass is 264 g/mol. The zero-order valence-corrected chi connectivity index (χ0v) is 10.8. The highest BCUT2D eigenvalue weighted by atomic mass is 16.5. The van der Waals surface area contributed by atoms with Crippen molar-refractivity contribution in [3.05, 3.63) is 24.0 Å². The fourth-order valence-corrected chi connectivity index (χ4v) is 1.99. The van der Waals surface area contributed by atoms with Gasteiger partial charge in [0.05, 0.1) is 6.10 Å². The lowest BCUT2D eigenvalue weighted by Gasteiger charge is -2.11. The molecule has 0 radical (unpaired) electrons. The van der Waals surface area contributed by atoms with Gasteiger partial charge in [-0.3, -0.25) is 4.79 Å². The number of hydrogen-bond donors (Lipinski definition) is 2. The van der Waals surface area contributed by atoms with Crippen LogP contribution in [-0.4, -0.2) is 34.2 Å². The van der Waals surface area contributed by atoms with E-state index in [2.05, 4.69) is 10.3 Å². The molecule has 1 aromatic rings. The number of carbonyl (C=O) groups is 2. The minimum Gasteiger partial charge on any atom is -0.477 e. The van der Waals surface area contributed by atoms with E-state index in [1.54, 1.807) is 6.07 Å². The molecule has 0 saturated carbocycles. The molecule has 19 heavy (non-hydrogen) atoms. The van der Waals surface area contributed by atoms with E-state index in [1.165, 1.54) is 12.3 Å². The van der Waals surface area contributed by atoms with Crippen LogP contribution in [-0.2, 0) is 9.53 Å². The van der Waals surface area contributed by atoms with Gasteiger partial charge in [-0.05, 0) is 31.4 Å². The van der Waals surface area contributed by atoms with Crippen molar-refractivity contribution in [3.8, 4) is 0 Å². The zero-order valence-electron chi connectivity index (χ0n) is 10.8. The zero-order chi connectivity index (χ0) is 14.0. The van der Waals surface area contributed by atoms with Crippen LogP contribution >= 0.6 is 0 Å². The van der Waals surface area contributed by atoms with Gasteiger partial charge in [-0.15, -0.1) is 0 Å². The Balaban J connectivity index is 2.03. The lowest BCUT2D eigenvalue weighted by atomic mass is 10.0. The molecule has 6 nitrogen and oxygen atoms in total. The Kier molecular flexibility index (Phi) is 3.80. The number of nitrogens with zero attached hydrogens (tertiary/aromatic N) is 1. The average Bonchev–Trinajstić information content (AvgIpc) is 2.70. The van der Waals surface area contributed by atoms with E-state index < -0.39 is 12.1 Å². The summed E-state index contributed by atoms with van der Waals surface area (Å²) in [5.41, 5.74) is 0.306. The predicted octanol–water partition coefficient (Wildman–Crippen LogP) is 1.53. The maximum atomic E-state index is 12.0. The topological polar surface area (TPSA) is 88.5 Å². The Bertz CT molecular complexity index is 493. The molecule has 2 unspecified atom stereocenters. The Morgan fingerprint density at radius 3 is 2.79 bits per heavy atom. The van der Waals surface area contributed by atoms with Crippen LogP contribution in [0.1, 0.15) is 30.8 Å². The second kappa shape index (κ2) is 5.36. The van der Waals surface area contributed by atoms with Gasteiger partial charge in [-0.25, -0.2) is 9.78 Å². The van der Waals surface area contributed by atoms with Crippen molar-refractivity contribution in [2.24, 2.45) is 5.92 Å². The first-order valence-electron chi connectivity index (χ1n) is 6.13. The second-order valence-corrected chi connectivity index (χ2v) is 4.77. The molecule has 0 aliphatic carbocycles. The molecule has 0 spiro atoms. The molecule has 1 saturated heterocycles. The molecule has 2 N–H and O–H groups in total. The van der Waals surface area contributed by atoms with Crippen molar-refractivity contribution in [2.45, 2.75) is 32.5 Å². The van der Waals surface area contributed by atoms with E-state index in [0.717, 1.165) is 0 Å². The summed E-state index contributed by atoms with van der Waals surface area (Å²) in [6.45, 7) is 3.97. The third kappa shape index (κ3) is 3.08. The van der Waals surface area contributed by atoms with Crippen LogP contribution in [0.25, 0.3) is 0 Å². The molecule has 1 amide bonds. The maximum absolute atomic E-state index is 12.0. The molecule has 3 atom stereocenters. The van der Waals surface area contributed by atoms with E-state index >= 15 is 0 Å². The number of nitrogens with one attached hydrogen (secondary N) is 1. The number of carboxylic acid groups (broad SMARTS) is 1. The van der Waals surface area contributed by atoms with Gasteiger partial charge in [-0.1, -0.05) is 6.92 Å². The van der Waals surface area contributed by atoms with Crippen LogP contribution in [0.3, 0.4) is 0 Å². The molecule has 1 fully saturated rings. The van der Waals surface area contributed by atoms with Gasteiger partial charge < -0.3 is 15.2 Å². The van der Waals surface area contributed by atoms with Crippen molar-refractivity contribution >= 4 is 17.6 Å². The highest BCUT2D eigenvalue weighted by molar-refractivity contribution is 5.95. The summed E-state index contributed by atoms with van der Waals surface area (Å²) in [6.07, 6.45) is 1.60. The minimum absolute atomic E-state index is 0.0581. The van der Waals surface area contributed by atoms with Gasteiger partial charge in [0, 0.05) is 11.9 Å². The SMILES string of the molecule is CC1C[C@H](C(=O)Nc2ccnc(C(=O)O)c2)OC1C. The molecule has 2 heterocycles. The van der Waals surface area contributed by atoms with Crippen LogP contribution in [0.15, 0.2) is 18.3 Å². The van der Waals surface area contributed by atoms with Crippen molar-refractivity contribution in [1.29, 1.82) is 0 Å². The molecule has 1 aromatic heterocycles.